The van der Waals surface area contributed by atoms with Gasteiger partial charge in [0.25, 0.3) is 0 Å². The number of hydrogen-bond donors (Lipinski definition) is 2. The van der Waals surface area contributed by atoms with Gasteiger partial charge in [0.05, 0.1) is 19.7 Å². The summed E-state index contributed by atoms with van der Waals surface area (Å²) < 4.78 is 6.75. The van der Waals surface area contributed by atoms with E-state index in [0.29, 0.717) is 18.2 Å². The van der Waals surface area contributed by atoms with E-state index in [2.05, 4.69) is 20.4 Å². The van der Waals surface area contributed by atoms with Gasteiger partial charge in [-0.05, 0) is 32.9 Å². The van der Waals surface area contributed by atoms with E-state index in [9.17, 15) is 4.79 Å². The predicted octanol–water partition coefficient (Wildman–Crippen LogP) is 1.36. The van der Waals surface area contributed by atoms with Crippen LogP contribution in [0.4, 0.5) is 4.79 Å². The first-order valence-electron chi connectivity index (χ1n) is 7.31. The molecule has 2 heterocycles. The third-order valence-electron chi connectivity index (χ3n) is 2.79. The van der Waals surface area contributed by atoms with E-state index in [1.807, 2.05) is 0 Å². The first-order valence-corrected chi connectivity index (χ1v) is 7.31. The Balaban J connectivity index is 2.11. The third-order valence-corrected chi connectivity index (χ3v) is 2.79. The first-order chi connectivity index (χ1) is 10.9. The molecule has 1 amide bonds. The van der Waals surface area contributed by atoms with Crippen LogP contribution in [-0.4, -0.2) is 43.2 Å². The molecular formula is C15H21N5O3. The van der Waals surface area contributed by atoms with Gasteiger partial charge < -0.3 is 15.2 Å². The Morgan fingerprint density at radius 1 is 1.35 bits per heavy atom. The quantitative estimate of drug-likeness (QED) is 0.862. The van der Waals surface area contributed by atoms with Crippen molar-refractivity contribution >= 4 is 6.09 Å². The van der Waals surface area contributed by atoms with Crippen molar-refractivity contribution in [2.45, 2.75) is 39.5 Å². The van der Waals surface area contributed by atoms with Gasteiger partial charge in [-0.25, -0.2) is 14.5 Å². The number of hydrogen-bond acceptors (Lipinski definition) is 6. The molecule has 2 aromatic rings. The number of ether oxygens (including phenoxy) is 1. The minimum absolute atomic E-state index is 0.0709. The number of aliphatic hydroxyl groups is 1. The second-order valence-electron chi connectivity index (χ2n) is 5.89. The highest BCUT2D eigenvalue weighted by atomic mass is 16.6. The predicted molar refractivity (Wildman–Crippen MR) is 83.4 cm³/mol. The fourth-order valence-electron chi connectivity index (χ4n) is 1.87. The second-order valence-corrected chi connectivity index (χ2v) is 5.89. The first kappa shape index (κ1) is 16.9. The molecule has 8 nitrogen and oxygen atoms in total. The van der Waals surface area contributed by atoms with Gasteiger partial charge in [-0.1, -0.05) is 0 Å². The van der Waals surface area contributed by atoms with Gasteiger partial charge in [0, 0.05) is 18.0 Å². The number of amides is 1. The summed E-state index contributed by atoms with van der Waals surface area (Å²) in [5, 5.41) is 16.1. The smallest absolute Gasteiger partial charge is 0.408 e. The summed E-state index contributed by atoms with van der Waals surface area (Å²) >= 11 is 0. The molecule has 0 bridgehead atoms. The molecule has 8 heteroatoms. The van der Waals surface area contributed by atoms with Gasteiger partial charge >= 0.3 is 6.09 Å². The minimum atomic E-state index is -0.564. The van der Waals surface area contributed by atoms with E-state index in [1.165, 1.54) is 0 Å². The van der Waals surface area contributed by atoms with Crippen molar-refractivity contribution in [1.29, 1.82) is 0 Å². The summed E-state index contributed by atoms with van der Waals surface area (Å²) in [6, 6.07) is 3.59. The average Bonchev–Trinajstić information content (AvgIpc) is 2.88. The van der Waals surface area contributed by atoms with Crippen molar-refractivity contribution in [3.8, 4) is 11.4 Å². The summed E-state index contributed by atoms with van der Waals surface area (Å²) in [6.07, 6.45) is 2.78. The summed E-state index contributed by atoms with van der Waals surface area (Å²) in [5.74, 6) is 1.05. The second kappa shape index (κ2) is 7.19. The summed E-state index contributed by atoms with van der Waals surface area (Å²) in [6.45, 7) is 5.77. The van der Waals surface area contributed by atoms with E-state index in [4.69, 9.17) is 9.84 Å². The molecule has 0 aliphatic carbocycles. The maximum atomic E-state index is 11.7. The van der Waals surface area contributed by atoms with Crippen molar-refractivity contribution in [2.75, 3.05) is 6.61 Å². The van der Waals surface area contributed by atoms with E-state index < -0.39 is 11.7 Å². The number of alkyl carbamates (subject to hydrolysis) is 1. The van der Waals surface area contributed by atoms with Gasteiger partial charge in [-0.2, -0.15) is 5.10 Å². The molecule has 124 valence electrons. The van der Waals surface area contributed by atoms with Crippen LogP contribution in [0.3, 0.4) is 0 Å². The monoisotopic (exact) mass is 319 g/mol. The third kappa shape index (κ3) is 5.03. The summed E-state index contributed by atoms with van der Waals surface area (Å²) in [7, 11) is 0. The highest BCUT2D eigenvalue weighted by Crippen LogP contribution is 2.14. The van der Waals surface area contributed by atoms with Crippen LogP contribution >= 0.6 is 0 Å². The average molecular weight is 319 g/mol. The van der Waals surface area contributed by atoms with Crippen molar-refractivity contribution in [3.63, 3.8) is 0 Å². The molecule has 0 spiro atoms. The Hall–Kier alpha value is -2.48. The fourth-order valence-corrected chi connectivity index (χ4v) is 1.87. The van der Waals surface area contributed by atoms with Crippen molar-refractivity contribution in [2.24, 2.45) is 0 Å². The number of rotatable bonds is 5. The normalized spacial score (nSPS) is 11.3. The lowest BCUT2D eigenvalue weighted by Gasteiger charge is -2.19. The molecule has 0 radical (unpaired) electrons. The van der Waals surface area contributed by atoms with Crippen LogP contribution in [0.5, 0.6) is 0 Å². The van der Waals surface area contributed by atoms with Gasteiger partial charge in [0.2, 0.25) is 0 Å². The zero-order valence-electron chi connectivity index (χ0n) is 13.5. The number of carbonyl (C=O) groups excluding carboxylic acids is 1. The standard InChI is InChI=1S/C15H21N5O3/c1-15(2,3)23-14(22)17-10-12-18-13(19-20(12)8-9-21)11-4-6-16-7-5-11/h4-7,21H,8-10H2,1-3H3,(H,17,22). The van der Waals surface area contributed by atoms with E-state index in [-0.39, 0.29) is 13.2 Å². The zero-order chi connectivity index (χ0) is 16.9. The number of carbonyl (C=O) groups is 1. The highest BCUT2D eigenvalue weighted by Gasteiger charge is 2.17. The van der Waals surface area contributed by atoms with Crippen molar-refractivity contribution in [1.82, 2.24) is 25.1 Å². The number of nitrogens with one attached hydrogen (secondary N) is 1. The molecular weight excluding hydrogens is 298 g/mol. The molecule has 2 rings (SSSR count). The molecule has 0 aliphatic rings. The SMILES string of the molecule is CC(C)(C)OC(=O)NCc1nc(-c2ccncc2)nn1CCO. The number of aliphatic hydroxyl groups excluding tert-OH is 1. The largest absolute Gasteiger partial charge is 0.444 e. The molecule has 0 fully saturated rings. The molecule has 2 aromatic heterocycles. The van der Waals surface area contributed by atoms with Gasteiger partial charge in [0.15, 0.2) is 5.82 Å². The van der Waals surface area contributed by atoms with Gasteiger partial charge in [-0.15, -0.1) is 0 Å². The Kier molecular flexibility index (Phi) is 5.28. The Morgan fingerprint density at radius 3 is 2.65 bits per heavy atom. The van der Waals surface area contributed by atoms with Crippen molar-refractivity contribution < 1.29 is 14.6 Å². The zero-order valence-corrected chi connectivity index (χ0v) is 13.5. The van der Waals surface area contributed by atoms with E-state index in [0.717, 1.165) is 5.56 Å². The molecule has 23 heavy (non-hydrogen) atoms. The molecule has 0 aliphatic heterocycles. The van der Waals surface area contributed by atoms with Crippen LogP contribution in [0.15, 0.2) is 24.5 Å². The Labute approximate surface area is 134 Å². The lowest BCUT2D eigenvalue weighted by atomic mass is 10.2. The van der Waals surface area contributed by atoms with Crippen LogP contribution in [0, 0.1) is 0 Å². The Bertz CT molecular complexity index is 649. The maximum absolute atomic E-state index is 11.7. The maximum Gasteiger partial charge on any atom is 0.408 e. The van der Waals surface area contributed by atoms with E-state index >= 15 is 0 Å². The fraction of sp³-hybridized carbons (Fsp3) is 0.467. The molecule has 0 saturated heterocycles. The molecule has 0 aromatic carbocycles. The van der Waals surface area contributed by atoms with Crippen LogP contribution in [0.2, 0.25) is 0 Å². The van der Waals surface area contributed by atoms with Gasteiger partial charge in [-0.3, -0.25) is 4.98 Å². The van der Waals surface area contributed by atoms with Crippen LogP contribution in [0.1, 0.15) is 26.6 Å². The topological polar surface area (TPSA) is 102 Å². The highest BCUT2D eigenvalue weighted by molar-refractivity contribution is 5.67. The van der Waals surface area contributed by atoms with Crippen LogP contribution < -0.4 is 5.32 Å². The lowest BCUT2D eigenvalue weighted by molar-refractivity contribution is 0.0521. The van der Waals surface area contributed by atoms with E-state index in [1.54, 1.807) is 50.0 Å². The Morgan fingerprint density at radius 2 is 2.04 bits per heavy atom. The molecule has 0 saturated carbocycles. The number of pyridine rings is 1. The number of aromatic nitrogens is 4. The molecule has 0 unspecified atom stereocenters. The summed E-state index contributed by atoms with van der Waals surface area (Å²) in [5.41, 5.74) is 0.251. The summed E-state index contributed by atoms with van der Waals surface area (Å²) in [4.78, 5) is 20.1. The number of nitrogens with zero attached hydrogens (tertiary/aromatic N) is 4. The molecule has 2 N–H and O–H groups in total. The lowest BCUT2D eigenvalue weighted by Crippen LogP contribution is -2.33. The molecule has 0 atom stereocenters. The minimum Gasteiger partial charge on any atom is -0.444 e. The van der Waals surface area contributed by atoms with Crippen LogP contribution in [-0.2, 0) is 17.8 Å². The van der Waals surface area contributed by atoms with Gasteiger partial charge in [0.1, 0.15) is 11.4 Å². The van der Waals surface area contributed by atoms with Crippen molar-refractivity contribution in [3.05, 3.63) is 30.4 Å². The van der Waals surface area contributed by atoms with Crippen LogP contribution in [0.25, 0.3) is 11.4 Å².